The highest BCUT2D eigenvalue weighted by Crippen LogP contribution is 2.33. The number of amides is 2. The van der Waals surface area contributed by atoms with E-state index in [1.54, 1.807) is 0 Å². The van der Waals surface area contributed by atoms with Crippen LogP contribution < -0.4 is 10.0 Å². The number of hydrogen-bond acceptors (Lipinski definition) is 7. The molecule has 1 aliphatic rings. The molecular formula is C15H11F3N4O4S2. The molecule has 1 aromatic heterocycles. The summed E-state index contributed by atoms with van der Waals surface area (Å²) in [5, 5.41) is 2.04. The Labute approximate surface area is 161 Å². The number of benzene rings is 1. The lowest BCUT2D eigenvalue weighted by molar-refractivity contribution is -0.139. The molecule has 0 unspecified atom stereocenters. The standard InChI is InChI=1S/C15H11F3N4O4S2/c16-15(17,18)9-3-1-2-4-12(9)28(25,26)22-14(24)21-13-19-5-8-10(20-13)6-27-7-11(8)23/h1-5H,6-7H2,(H2,19,20,21,22,24). The molecule has 2 amide bonds. The molecule has 8 nitrogen and oxygen atoms in total. The molecule has 148 valence electrons. The van der Waals surface area contributed by atoms with Gasteiger partial charge in [0.15, 0.2) is 5.78 Å². The largest absolute Gasteiger partial charge is 0.417 e. The Bertz CT molecular complexity index is 1060. The van der Waals surface area contributed by atoms with Crippen LogP contribution in [0.25, 0.3) is 0 Å². The average Bonchev–Trinajstić information content (AvgIpc) is 2.60. The fourth-order valence-corrected chi connectivity index (χ4v) is 4.37. The van der Waals surface area contributed by atoms with Gasteiger partial charge in [-0.2, -0.15) is 13.2 Å². The molecule has 0 fully saturated rings. The van der Waals surface area contributed by atoms with Crippen molar-refractivity contribution >= 4 is 39.5 Å². The summed E-state index contributed by atoms with van der Waals surface area (Å²) in [6.07, 6.45) is -3.72. The predicted octanol–water partition coefficient (Wildman–Crippen LogP) is 2.44. The van der Waals surface area contributed by atoms with Crippen molar-refractivity contribution in [1.82, 2.24) is 14.7 Å². The van der Waals surface area contributed by atoms with Crippen molar-refractivity contribution in [2.24, 2.45) is 0 Å². The van der Waals surface area contributed by atoms with E-state index in [1.807, 2.05) is 5.32 Å². The number of carbonyl (C=O) groups excluding carboxylic acids is 2. The first-order valence-electron chi connectivity index (χ1n) is 7.55. The Morgan fingerprint density at radius 1 is 1.18 bits per heavy atom. The Balaban J connectivity index is 1.79. The molecule has 0 spiro atoms. The zero-order valence-electron chi connectivity index (χ0n) is 13.8. The minimum Gasteiger partial charge on any atom is -0.293 e. The summed E-state index contributed by atoms with van der Waals surface area (Å²) in [7, 11) is -4.82. The minimum atomic E-state index is -4.92. The van der Waals surface area contributed by atoms with Crippen molar-refractivity contribution in [3.63, 3.8) is 0 Å². The molecule has 13 heteroatoms. The number of ketones is 1. The van der Waals surface area contributed by atoms with Crippen molar-refractivity contribution < 1.29 is 31.2 Å². The Morgan fingerprint density at radius 3 is 2.61 bits per heavy atom. The number of sulfonamides is 1. The summed E-state index contributed by atoms with van der Waals surface area (Å²) in [6, 6.07) is 2.11. The first kappa shape index (κ1) is 20.1. The number of anilines is 1. The van der Waals surface area contributed by atoms with Gasteiger partial charge < -0.3 is 0 Å². The number of nitrogens with one attached hydrogen (secondary N) is 2. The van der Waals surface area contributed by atoms with Gasteiger partial charge in [-0.05, 0) is 12.1 Å². The highest BCUT2D eigenvalue weighted by molar-refractivity contribution is 7.99. The van der Waals surface area contributed by atoms with E-state index >= 15 is 0 Å². The fourth-order valence-electron chi connectivity index (χ4n) is 2.38. The van der Waals surface area contributed by atoms with E-state index in [-0.39, 0.29) is 17.5 Å². The second-order valence-corrected chi connectivity index (χ2v) is 8.16. The molecular weight excluding hydrogens is 421 g/mol. The van der Waals surface area contributed by atoms with Gasteiger partial charge in [0, 0.05) is 11.9 Å². The van der Waals surface area contributed by atoms with Crippen molar-refractivity contribution in [2.75, 3.05) is 11.1 Å². The van der Waals surface area contributed by atoms with Crippen molar-refractivity contribution in [2.45, 2.75) is 16.8 Å². The summed E-state index contributed by atoms with van der Waals surface area (Å²) < 4.78 is 65.0. The molecule has 0 saturated carbocycles. The Hall–Kier alpha value is -2.67. The maximum atomic E-state index is 13.0. The van der Waals surface area contributed by atoms with Crippen LogP contribution in [0.15, 0.2) is 35.4 Å². The van der Waals surface area contributed by atoms with E-state index in [1.165, 1.54) is 22.7 Å². The quantitative estimate of drug-likeness (QED) is 0.765. The number of fused-ring (bicyclic) bond motifs is 1. The van der Waals surface area contributed by atoms with Crippen LogP contribution in [0.1, 0.15) is 21.6 Å². The van der Waals surface area contributed by atoms with Gasteiger partial charge in [-0.15, -0.1) is 11.8 Å². The Morgan fingerprint density at radius 2 is 1.89 bits per heavy atom. The average molecular weight is 432 g/mol. The lowest BCUT2D eigenvalue weighted by Crippen LogP contribution is -2.36. The topological polar surface area (TPSA) is 118 Å². The first-order chi connectivity index (χ1) is 13.1. The van der Waals surface area contributed by atoms with Crippen LogP contribution in [-0.4, -0.2) is 36.0 Å². The molecule has 0 aliphatic carbocycles. The number of nitrogens with zero attached hydrogens (tertiary/aromatic N) is 2. The maximum Gasteiger partial charge on any atom is 0.417 e. The first-order valence-corrected chi connectivity index (χ1v) is 10.2. The summed E-state index contributed by atoms with van der Waals surface area (Å²) >= 11 is 1.31. The third kappa shape index (κ3) is 4.25. The van der Waals surface area contributed by atoms with Gasteiger partial charge in [-0.25, -0.2) is 27.9 Å². The monoisotopic (exact) mass is 432 g/mol. The third-order valence-electron chi connectivity index (χ3n) is 3.57. The molecule has 0 radical (unpaired) electrons. The summed E-state index contributed by atoms with van der Waals surface area (Å²) in [4.78, 5) is 30.3. The van der Waals surface area contributed by atoms with Crippen LogP contribution in [0.5, 0.6) is 0 Å². The van der Waals surface area contributed by atoms with Crippen LogP contribution in [0.4, 0.5) is 23.9 Å². The molecule has 2 N–H and O–H groups in total. The smallest absolute Gasteiger partial charge is 0.293 e. The molecule has 0 atom stereocenters. The van der Waals surface area contributed by atoms with Gasteiger partial charge in [0.1, 0.15) is 0 Å². The maximum absolute atomic E-state index is 13.0. The lowest BCUT2D eigenvalue weighted by Gasteiger charge is -2.15. The molecule has 28 heavy (non-hydrogen) atoms. The van der Waals surface area contributed by atoms with E-state index in [0.29, 0.717) is 23.1 Å². The molecule has 1 aliphatic heterocycles. The number of thioether (sulfide) groups is 1. The van der Waals surface area contributed by atoms with Crippen molar-refractivity contribution in [1.29, 1.82) is 0 Å². The number of Topliss-reactive ketones (excluding diaryl/α,β-unsaturated/α-hetero) is 1. The van der Waals surface area contributed by atoms with Crippen molar-refractivity contribution in [3.05, 3.63) is 47.3 Å². The summed E-state index contributed by atoms with van der Waals surface area (Å²) in [6.45, 7) is 0. The number of rotatable bonds is 3. The third-order valence-corrected chi connectivity index (χ3v) is 5.91. The van der Waals surface area contributed by atoms with E-state index in [4.69, 9.17) is 0 Å². The minimum absolute atomic E-state index is 0.173. The van der Waals surface area contributed by atoms with E-state index < -0.39 is 32.7 Å². The highest BCUT2D eigenvalue weighted by Gasteiger charge is 2.37. The van der Waals surface area contributed by atoms with Crippen LogP contribution >= 0.6 is 11.8 Å². The van der Waals surface area contributed by atoms with Crippen LogP contribution in [0, 0.1) is 0 Å². The van der Waals surface area contributed by atoms with Gasteiger partial charge in [0.25, 0.3) is 10.0 Å². The van der Waals surface area contributed by atoms with Crippen LogP contribution in [0.3, 0.4) is 0 Å². The van der Waals surface area contributed by atoms with Gasteiger partial charge >= 0.3 is 12.2 Å². The van der Waals surface area contributed by atoms with E-state index in [2.05, 4.69) is 9.97 Å². The second-order valence-electron chi connectivity index (χ2n) is 5.52. The van der Waals surface area contributed by atoms with Crippen molar-refractivity contribution in [3.8, 4) is 0 Å². The number of hydrogen-bond donors (Lipinski definition) is 2. The van der Waals surface area contributed by atoms with Gasteiger partial charge in [-0.3, -0.25) is 10.1 Å². The zero-order valence-corrected chi connectivity index (χ0v) is 15.4. The highest BCUT2D eigenvalue weighted by atomic mass is 32.2. The second kappa shape index (κ2) is 7.39. The van der Waals surface area contributed by atoms with E-state index in [0.717, 1.165) is 18.2 Å². The van der Waals surface area contributed by atoms with E-state index in [9.17, 15) is 31.2 Å². The van der Waals surface area contributed by atoms with Gasteiger partial charge in [0.2, 0.25) is 5.95 Å². The van der Waals surface area contributed by atoms with Gasteiger partial charge in [-0.1, -0.05) is 12.1 Å². The van der Waals surface area contributed by atoms with Gasteiger partial charge in [0.05, 0.1) is 27.5 Å². The normalized spacial score (nSPS) is 14.3. The zero-order chi connectivity index (χ0) is 20.5. The molecule has 3 rings (SSSR count). The number of aromatic nitrogens is 2. The molecule has 2 heterocycles. The SMILES string of the molecule is O=C(Nc1ncc2c(n1)CSCC2=O)NS(=O)(=O)c1ccccc1C(F)(F)F. The fraction of sp³-hybridized carbons (Fsp3) is 0.200. The number of halogens is 3. The number of carbonyl (C=O) groups is 2. The molecule has 0 bridgehead atoms. The number of alkyl halides is 3. The lowest BCUT2D eigenvalue weighted by atomic mass is 10.2. The van der Waals surface area contributed by atoms with Crippen LogP contribution in [-0.2, 0) is 22.0 Å². The molecule has 2 aromatic rings. The number of urea groups is 1. The van der Waals surface area contributed by atoms with Crippen LogP contribution in [0.2, 0.25) is 0 Å². The molecule has 1 aromatic carbocycles. The Kier molecular flexibility index (Phi) is 5.30. The summed E-state index contributed by atoms with van der Waals surface area (Å²) in [5.74, 6) is 0.219. The molecule has 0 saturated heterocycles. The summed E-state index contributed by atoms with van der Waals surface area (Å²) in [5.41, 5.74) is -0.732. The predicted molar refractivity (Wildman–Crippen MR) is 93.3 cm³/mol.